The molecular formula is C18H15BrN2O2S. The Labute approximate surface area is 154 Å². The maximum absolute atomic E-state index is 5.78. The van der Waals surface area contributed by atoms with Crippen molar-refractivity contribution in [3.8, 4) is 11.5 Å². The van der Waals surface area contributed by atoms with E-state index in [9.17, 15) is 0 Å². The van der Waals surface area contributed by atoms with E-state index in [1.165, 1.54) is 0 Å². The largest absolute Gasteiger partial charge is 0.467 e. The summed E-state index contributed by atoms with van der Waals surface area (Å²) in [7, 11) is 0. The molecule has 0 aliphatic rings. The first-order chi connectivity index (χ1) is 11.7. The molecule has 0 aliphatic carbocycles. The van der Waals surface area contributed by atoms with Crippen LogP contribution in [0, 0.1) is 0 Å². The number of rotatable bonds is 5. The van der Waals surface area contributed by atoms with E-state index in [1.54, 1.807) is 6.26 Å². The second kappa shape index (κ2) is 7.99. The molecule has 0 radical (unpaired) electrons. The van der Waals surface area contributed by atoms with Crippen molar-refractivity contribution in [1.82, 2.24) is 5.32 Å². The third-order valence-corrected chi connectivity index (χ3v) is 3.94. The van der Waals surface area contributed by atoms with E-state index >= 15 is 0 Å². The summed E-state index contributed by atoms with van der Waals surface area (Å²) >= 11 is 8.66. The number of furan rings is 1. The minimum atomic E-state index is 0.535. The van der Waals surface area contributed by atoms with Crippen LogP contribution in [0.15, 0.2) is 75.8 Å². The van der Waals surface area contributed by atoms with Crippen LogP contribution >= 0.6 is 28.1 Å². The highest BCUT2D eigenvalue weighted by atomic mass is 79.9. The van der Waals surface area contributed by atoms with Crippen molar-refractivity contribution in [3.05, 3.63) is 77.2 Å². The molecule has 1 aromatic heterocycles. The second-order valence-corrected chi connectivity index (χ2v) is 6.29. The number of benzene rings is 2. The zero-order chi connectivity index (χ0) is 16.8. The fourth-order valence-electron chi connectivity index (χ4n) is 2.00. The van der Waals surface area contributed by atoms with Gasteiger partial charge in [0.1, 0.15) is 17.3 Å². The van der Waals surface area contributed by atoms with Gasteiger partial charge < -0.3 is 19.8 Å². The molecule has 0 aliphatic heterocycles. The van der Waals surface area contributed by atoms with Crippen molar-refractivity contribution in [1.29, 1.82) is 0 Å². The Balaban J connectivity index is 1.52. The minimum absolute atomic E-state index is 0.535. The lowest BCUT2D eigenvalue weighted by Gasteiger charge is -2.10. The molecule has 0 bridgehead atoms. The molecule has 4 nitrogen and oxygen atoms in total. The van der Waals surface area contributed by atoms with E-state index in [0.717, 1.165) is 27.4 Å². The molecular weight excluding hydrogens is 388 g/mol. The Hall–Kier alpha value is -2.31. The maximum atomic E-state index is 5.78. The van der Waals surface area contributed by atoms with E-state index < -0.39 is 0 Å². The molecule has 1 heterocycles. The molecule has 0 saturated heterocycles. The van der Waals surface area contributed by atoms with Crippen LogP contribution in [0.25, 0.3) is 0 Å². The Morgan fingerprint density at radius 2 is 1.67 bits per heavy atom. The predicted molar refractivity (Wildman–Crippen MR) is 102 cm³/mol. The molecule has 3 aromatic rings. The van der Waals surface area contributed by atoms with Gasteiger partial charge in [0.2, 0.25) is 0 Å². The Morgan fingerprint density at radius 1 is 1.00 bits per heavy atom. The van der Waals surface area contributed by atoms with Gasteiger partial charge in [-0.2, -0.15) is 0 Å². The Morgan fingerprint density at radius 3 is 2.29 bits per heavy atom. The van der Waals surface area contributed by atoms with Gasteiger partial charge in [0, 0.05) is 10.2 Å². The van der Waals surface area contributed by atoms with Gasteiger partial charge in [0.25, 0.3) is 0 Å². The van der Waals surface area contributed by atoms with E-state index in [-0.39, 0.29) is 0 Å². The summed E-state index contributed by atoms with van der Waals surface area (Å²) in [5.74, 6) is 2.38. The fourth-order valence-corrected chi connectivity index (χ4v) is 2.46. The zero-order valence-electron chi connectivity index (χ0n) is 12.7. The van der Waals surface area contributed by atoms with Crippen molar-refractivity contribution < 1.29 is 9.15 Å². The van der Waals surface area contributed by atoms with Gasteiger partial charge in [-0.3, -0.25) is 0 Å². The highest BCUT2D eigenvalue weighted by Gasteiger charge is 2.01. The van der Waals surface area contributed by atoms with Crippen LogP contribution in [0.4, 0.5) is 5.69 Å². The summed E-state index contributed by atoms with van der Waals surface area (Å²) in [6.07, 6.45) is 1.64. The zero-order valence-corrected chi connectivity index (χ0v) is 15.1. The van der Waals surface area contributed by atoms with Gasteiger partial charge in [-0.25, -0.2) is 0 Å². The monoisotopic (exact) mass is 402 g/mol. The second-order valence-electron chi connectivity index (χ2n) is 4.97. The molecule has 2 aromatic carbocycles. The molecule has 0 unspecified atom stereocenters. The van der Waals surface area contributed by atoms with E-state index in [1.807, 2.05) is 60.7 Å². The lowest BCUT2D eigenvalue weighted by molar-refractivity contribution is 0.482. The number of hydrogen-bond acceptors (Lipinski definition) is 3. The number of hydrogen-bond donors (Lipinski definition) is 2. The molecule has 0 atom stereocenters. The highest BCUT2D eigenvalue weighted by Crippen LogP contribution is 2.24. The summed E-state index contributed by atoms with van der Waals surface area (Å²) in [6, 6.07) is 19.0. The molecule has 0 spiro atoms. The Bertz CT molecular complexity index is 787. The number of ether oxygens (including phenoxy) is 1. The topological polar surface area (TPSA) is 46.4 Å². The molecule has 0 fully saturated rings. The van der Waals surface area contributed by atoms with Gasteiger partial charge in [-0.05, 0) is 72.9 Å². The minimum Gasteiger partial charge on any atom is -0.467 e. The summed E-state index contributed by atoms with van der Waals surface area (Å²) < 4.78 is 12.0. The summed E-state index contributed by atoms with van der Waals surface area (Å²) in [6.45, 7) is 0.545. The van der Waals surface area contributed by atoms with Crippen LogP contribution < -0.4 is 15.4 Å². The molecule has 122 valence electrons. The third-order valence-electron chi connectivity index (χ3n) is 3.16. The van der Waals surface area contributed by atoms with Crippen molar-refractivity contribution in [3.63, 3.8) is 0 Å². The predicted octanol–water partition coefficient (Wildman–Crippen LogP) is 5.32. The summed E-state index contributed by atoms with van der Waals surface area (Å²) in [5, 5.41) is 6.74. The first-order valence-corrected chi connectivity index (χ1v) is 8.50. The van der Waals surface area contributed by atoms with Crippen molar-refractivity contribution in [2.24, 2.45) is 0 Å². The van der Waals surface area contributed by atoms with E-state index in [2.05, 4.69) is 26.6 Å². The number of nitrogens with one attached hydrogen (secondary N) is 2. The summed E-state index contributed by atoms with van der Waals surface area (Å²) in [5.41, 5.74) is 0.884. The SMILES string of the molecule is S=C(NCc1ccco1)Nc1ccc(Oc2ccc(Br)cc2)cc1. The molecule has 0 amide bonds. The van der Waals surface area contributed by atoms with Crippen LogP contribution in [-0.4, -0.2) is 5.11 Å². The number of halogens is 1. The van der Waals surface area contributed by atoms with Crippen molar-refractivity contribution in [2.45, 2.75) is 6.54 Å². The van der Waals surface area contributed by atoms with E-state index in [4.69, 9.17) is 21.4 Å². The maximum Gasteiger partial charge on any atom is 0.171 e. The lowest BCUT2D eigenvalue weighted by Crippen LogP contribution is -2.27. The van der Waals surface area contributed by atoms with Gasteiger partial charge in [0.05, 0.1) is 12.8 Å². The third kappa shape index (κ3) is 4.84. The average Bonchev–Trinajstić information content (AvgIpc) is 3.10. The van der Waals surface area contributed by atoms with Gasteiger partial charge in [-0.15, -0.1) is 0 Å². The molecule has 2 N–H and O–H groups in total. The fraction of sp³-hybridized carbons (Fsp3) is 0.0556. The normalized spacial score (nSPS) is 10.2. The molecule has 24 heavy (non-hydrogen) atoms. The molecule has 6 heteroatoms. The first kappa shape index (κ1) is 16.5. The average molecular weight is 403 g/mol. The van der Waals surface area contributed by atoms with E-state index in [0.29, 0.717) is 11.7 Å². The standard InChI is InChI=1S/C18H15BrN2O2S/c19-13-3-7-15(8-4-13)23-16-9-5-14(6-10-16)21-18(24)20-12-17-2-1-11-22-17/h1-11H,12H2,(H2,20,21,24). The van der Waals surface area contributed by atoms with Crippen molar-refractivity contribution >= 4 is 38.9 Å². The van der Waals surface area contributed by atoms with Crippen LogP contribution in [0.5, 0.6) is 11.5 Å². The highest BCUT2D eigenvalue weighted by molar-refractivity contribution is 9.10. The van der Waals surface area contributed by atoms with Crippen LogP contribution in [0.1, 0.15) is 5.76 Å². The Kier molecular flexibility index (Phi) is 5.51. The van der Waals surface area contributed by atoms with Gasteiger partial charge in [0.15, 0.2) is 5.11 Å². The van der Waals surface area contributed by atoms with Gasteiger partial charge in [-0.1, -0.05) is 15.9 Å². The first-order valence-electron chi connectivity index (χ1n) is 7.30. The molecule has 3 rings (SSSR count). The van der Waals surface area contributed by atoms with Crippen molar-refractivity contribution in [2.75, 3.05) is 5.32 Å². The lowest BCUT2D eigenvalue weighted by atomic mass is 10.3. The summed E-state index contributed by atoms with van der Waals surface area (Å²) in [4.78, 5) is 0. The quantitative estimate of drug-likeness (QED) is 0.565. The molecule has 0 saturated carbocycles. The number of anilines is 1. The van der Waals surface area contributed by atoms with Crippen LogP contribution in [0.2, 0.25) is 0 Å². The van der Waals surface area contributed by atoms with Crippen LogP contribution in [0.3, 0.4) is 0 Å². The van der Waals surface area contributed by atoms with Gasteiger partial charge >= 0.3 is 0 Å². The smallest absolute Gasteiger partial charge is 0.171 e. The van der Waals surface area contributed by atoms with Crippen LogP contribution in [-0.2, 0) is 6.54 Å². The number of thiocarbonyl (C=S) groups is 1.